The Morgan fingerprint density at radius 1 is 1.41 bits per heavy atom. The molecule has 0 atom stereocenters. The normalized spacial score (nSPS) is 17.4. The summed E-state index contributed by atoms with van der Waals surface area (Å²) in [5.74, 6) is -0.322. The second kappa shape index (κ2) is 6.78. The van der Waals surface area contributed by atoms with Crippen molar-refractivity contribution in [2.24, 2.45) is 0 Å². The Morgan fingerprint density at radius 2 is 2.09 bits per heavy atom. The molecule has 9 heteroatoms. The molecule has 1 amide bonds. The van der Waals surface area contributed by atoms with Crippen LogP contribution >= 0.6 is 24.0 Å². The van der Waals surface area contributed by atoms with Gasteiger partial charge in [0.15, 0.2) is 0 Å². The van der Waals surface area contributed by atoms with Crippen LogP contribution in [0.4, 0.5) is 0 Å². The molecule has 0 aromatic heterocycles. The van der Waals surface area contributed by atoms with Crippen molar-refractivity contribution in [2.75, 3.05) is 19.4 Å². The number of ether oxygens (including phenoxy) is 1. The molecular formula is C13H13NO5S3. The fourth-order valence-electron chi connectivity index (χ4n) is 1.83. The van der Waals surface area contributed by atoms with E-state index in [0.717, 1.165) is 22.2 Å². The predicted molar refractivity (Wildman–Crippen MR) is 89.3 cm³/mol. The quantitative estimate of drug-likeness (QED) is 0.487. The molecule has 0 bridgehead atoms. The van der Waals surface area contributed by atoms with Crippen LogP contribution in [0.15, 0.2) is 29.2 Å². The van der Waals surface area contributed by atoms with Gasteiger partial charge in [-0.05, 0) is 12.1 Å². The smallest absolute Gasteiger partial charge is 0.266 e. The van der Waals surface area contributed by atoms with E-state index in [1.54, 1.807) is 18.2 Å². The van der Waals surface area contributed by atoms with E-state index in [0.29, 0.717) is 10.7 Å². The van der Waals surface area contributed by atoms with Gasteiger partial charge in [-0.15, -0.1) is 0 Å². The maximum Gasteiger partial charge on any atom is 0.266 e. The van der Waals surface area contributed by atoms with E-state index in [1.807, 2.05) is 12.1 Å². The zero-order valence-corrected chi connectivity index (χ0v) is 14.0. The van der Waals surface area contributed by atoms with E-state index in [9.17, 15) is 13.2 Å². The fraction of sp³-hybridized carbons (Fsp3) is 0.231. The van der Waals surface area contributed by atoms with Crippen molar-refractivity contribution in [3.8, 4) is 5.75 Å². The van der Waals surface area contributed by atoms with Crippen molar-refractivity contribution in [3.63, 3.8) is 0 Å². The summed E-state index contributed by atoms with van der Waals surface area (Å²) in [4.78, 5) is 13.8. The number of benzene rings is 1. The molecule has 1 heterocycles. The Hall–Kier alpha value is -1.42. The topological polar surface area (TPSA) is 83.9 Å². The fourth-order valence-corrected chi connectivity index (χ4v) is 3.54. The van der Waals surface area contributed by atoms with Gasteiger partial charge in [0.05, 0.1) is 17.8 Å². The molecule has 1 aliphatic rings. The summed E-state index contributed by atoms with van der Waals surface area (Å²) in [6.45, 7) is -0.174. The van der Waals surface area contributed by atoms with Gasteiger partial charge in [0.25, 0.3) is 16.0 Å². The van der Waals surface area contributed by atoms with Crippen molar-refractivity contribution < 1.29 is 22.5 Å². The average Bonchev–Trinajstić information content (AvgIpc) is 2.71. The molecule has 0 spiro atoms. The van der Waals surface area contributed by atoms with Crippen LogP contribution in [0.1, 0.15) is 5.56 Å². The van der Waals surface area contributed by atoms with Gasteiger partial charge in [-0.3, -0.25) is 14.2 Å². The molecule has 22 heavy (non-hydrogen) atoms. The maximum absolute atomic E-state index is 12.3. The van der Waals surface area contributed by atoms with Crippen LogP contribution in [-0.2, 0) is 14.9 Å². The molecule has 0 aliphatic carbocycles. The molecule has 1 aromatic rings. The number of amides is 1. The van der Waals surface area contributed by atoms with E-state index < -0.39 is 15.9 Å². The first-order chi connectivity index (χ1) is 10.3. The van der Waals surface area contributed by atoms with E-state index in [4.69, 9.17) is 21.5 Å². The van der Waals surface area contributed by atoms with Crippen molar-refractivity contribution in [2.45, 2.75) is 0 Å². The molecule has 2 rings (SSSR count). The van der Waals surface area contributed by atoms with Gasteiger partial charge in [0.1, 0.15) is 10.1 Å². The molecule has 1 saturated heterocycles. The number of carbonyl (C=O) groups is 1. The molecule has 118 valence electrons. The van der Waals surface area contributed by atoms with Crippen LogP contribution in [0.5, 0.6) is 5.75 Å². The molecule has 1 fully saturated rings. The monoisotopic (exact) mass is 359 g/mol. The van der Waals surface area contributed by atoms with Crippen molar-refractivity contribution in [3.05, 3.63) is 34.7 Å². The third-order valence-corrected chi connectivity index (χ3v) is 4.95. The van der Waals surface area contributed by atoms with Gasteiger partial charge in [-0.2, -0.15) is 8.42 Å². The molecule has 1 aromatic carbocycles. The van der Waals surface area contributed by atoms with Crippen LogP contribution in [0.3, 0.4) is 0 Å². The van der Waals surface area contributed by atoms with Crippen molar-refractivity contribution in [1.29, 1.82) is 0 Å². The molecule has 1 N–H and O–H groups in total. The Morgan fingerprint density at radius 3 is 2.73 bits per heavy atom. The van der Waals surface area contributed by atoms with E-state index in [-0.39, 0.29) is 16.8 Å². The number of hydrogen-bond donors (Lipinski definition) is 1. The highest BCUT2D eigenvalue weighted by Crippen LogP contribution is 2.34. The third kappa shape index (κ3) is 4.07. The largest absolute Gasteiger partial charge is 0.496 e. The lowest BCUT2D eigenvalue weighted by Gasteiger charge is -2.12. The number of methoxy groups -OCH3 is 1. The van der Waals surface area contributed by atoms with Crippen LogP contribution in [-0.4, -0.2) is 47.5 Å². The van der Waals surface area contributed by atoms with Crippen LogP contribution in [0.25, 0.3) is 6.08 Å². The molecule has 0 unspecified atom stereocenters. The number of para-hydroxylation sites is 1. The summed E-state index contributed by atoms with van der Waals surface area (Å²) in [5, 5.41) is 0. The number of hydrogen-bond acceptors (Lipinski definition) is 6. The van der Waals surface area contributed by atoms with Gasteiger partial charge in [0, 0.05) is 12.1 Å². The minimum Gasteiger partial charge on any atom is -0.496 e. The number of thiocarbonyl (C=S) groups is 1. The van der Waals surface area contributed by atoms with Gasteiger partial charge >= 0.3 is 0 Å². The minimum absolute atomic E-state index is 0.174. The van der Waals surface area contributed by atoms with E-state index in [1.165, 1.54) is 7.11 Å². The van der Waals surface area contributed by atoms with Crippen LogP contribution < -0.4 is 4.74 Å². The summed E-state index contributed by atoms with van der Waals surface area (Å²) >= 11 is 6.16. The Balaban J connectivity index is 2.22. The number of nitrogens with zero attached hydrogens (tertiary/aromatic N) is 1. The first-order valence-corrected chi connectivity index (χ1v) is 8.99. The zero-order valence-electron chi connectivity index (χ0n) is 11.6. The maximum atomic E-state index is 12.3. The molecule has 0 radical (unpaired) electrons. The van der Waals surface area contributed by atoms with Crippen LogP contribution in [0.2, 0.25) is 0 Å². The lowest BCUT2D eigenvalue weighted by atomic mass is 10.2. The molecular weight excluding hydrogens is 346 g/mol. The number of carbonyl (C=O) groups excluding carboxylic acids is 1. The van der Waals surface area contributed by atoms with Crippen molar-refractivity contribution in [1.82, 2.24) is 4.90 Å². The SMILES string of the molecule is COc1ccccc1C=C1SC(=S)N(CCS(=O)(=O)O)C1=O. The van der Waals surface area contributed by atoms with E-state index >= 15 is 0 Å². The zero-order chi connectivity index (χ0) is 16.3. The lowest BCUT2D eigenvalue weighted by Crippen LogP contribution is -2.32. The summed E-state index contributed by atoms with van der Waals surface area (Å²) in [7, 11) is -2.62. The number of thioether (sulfide) groups is 1. The Kier molecular flexibility index (Phi) is 5.22. The summed E-state index contributed by atoms with van der Waals surface area (Å²) in [6, 6.07) is 7.19. The van der Waals surface area contributed by atoms with Crippen LogP contribution in [0, 0.1) is 0 Å². The van der Waals surface area contributed by atoms with Gasteiger partial charge in [0.2, 0.25) is 0 Å². The average molecular weight is 359 g/mol. The predicted octanol–water partition coefficient (Wildman–Crippen LogP) is 1.78. The second-order valence-corrected chi connectivity index (χ2v) is 7.61. The molecule has 0 saturated carbocycles. The minimum atomic E-state index is -4.15. The molecule has 6 nitrogen and oxygen atoms in total. The van der Waals surface area contributed by atoms with Gasteiger partial charge in [-0.1, -0.05) is 42.2 Å². The third-order valence-electron chi connectivity index (χ3n) is 2.87. The Labute approximate surface area is 137 Å². The van der Waals surface area contributed by atoms with E-state index in [2.05, 4.69) is 0 Å². The number of rotatable bonds is 5. The second-order valence-electron chi connectivity index (χ2n) is 4.36. The first-order valence-electron chi connectivity index (χ1n) is 6.15. The highest BCUT2D eigenvalue weighted by atomic mass is 32.2. The van der Waals surface area contributed by atoms with Gasteiger partial charge < -0.3 is 4.74 Å². The molecule has 1 aliphatic heterocycles. The first kappa shape index (κ1) is 16.9. The lowest BCUT2D eigenvalue weighted by molar-refractivity contribution is -0.121. The Bertz CT molecular complexity index is 742. The van der Waals surface area contributed by atoms with Gasteiger partial charge in [-0.25, -0.2) is 0 Å². The highest BCUT2D eigenvalue weighted by molar-refractivity contribution is 8.26. The summed E-state index contributed by atoms with van der Waals surface area (Å²) in [5.41, 5.74) is 0.722. The summed E-state index contributed by atoms with van der Waals surface area (Å²) in [6.07, 6.45) is 1.64. The standard InChI is InChI=1S/C13H13NO5S3/c1-19-10-5-3-2-4-9(10)8-11-12(15)14(13(20)21-11)6-7-22(16,17)18/h2-5,8H,6-7H2,1H3,(H,16,17,18). The van der Waals surface area contributed by atoms with Crippen molar-refractivity contribution >= 4 is 50.4 Å². The summed E-state index contributed by atoms with van der Waals surface area (Å²) < 4.78 is 35.8. The highest BCUT2D eigenvalue weighted by Gasteiger charge is 2.32.